The zero-order valence-corrected chi connectivity index (χ0v) is 39.2. The molecule has 0 spiro atoms. The van der Waals surface area contributed by atoms with E-state index in [-0.39, 0.29) is 33.6 Å². The van der Waals surface area contributed by atoms with Crippen molar-refractivity contribution in [1.29, 1.82) is 0 Å². The molecule has 2 radical (unpaired) electrons. The van der Waals surface area contributed by atoms with Crippen molar-refractivity contribution in [2.75, 3.05) is 19.6 Å². The second-order valence-electron chi connectivity index (χ2n) is 14.5. The largest absolute Gasteiger partial charge is 2.00 e. The van der Waals surface area contributed by atoms with Crippen LogP contribution in [-0.4, -0.2) is 107 Å². The van der Waals surface area contributed by atoms with Crippen LogP contribution in [0.4, 0.5) is 0 Å². The summed E-state index contributed by atoms with van der Waals surface area (Å²) in [6, 6.07) is 0. The predicted octanol–water partition coefficient (Wildman–Crippen LogP) is 10.8. The first-order valence-electron chi connectivity index (χ1n) is 20.9. The Bertz CT molecular complexity index is 1220. The van der Waals surface area contributed by atoms with Gasteiger partial charge in [-0.15, -0.1) is 25.7 Å². The van der Waals surface area contributed by atoms with Gasteiger partial charge in [-0.1, -0.05) is 124 Å². The summed E-state index contributed by atoms with van der Waals surface area (Å²) in [7, 11) is 0. The Balaban J connectivity index is -0.000000413. The van der Waals surface area contributed by atoms with Crippen molar-refractivity contribution < 1.29 is 75.2 Å². The molecular weight excluding hydrogens is 890 g/mol. The van der Waals surface area contributed by atoms with Crippen molar-refractivity contribution in [2.45, 2.75) is 150 Å². The van der Waals surface area contributed by atoms with Crippen LogP contribution in [0.2, 0.25) is 0 Å². The van der Waals surface area contributed by atoms with Gasteiger partial charge in [0.1, 0.15) is 45.7 Å². The number of nitrogens with zero attached hydrogens (tertiary/aromatic N) is 10. The van der Waals surface area contributed by atoms with Crippen LogP contribution in [0.3, 0.4) is 0 Å². The van der Waals surface area contributed by atoms with E-state index >= 15 is 0 Å². The van der Waals surface area contributed by atoms with Gasteiger partial charge in [0.05, 0.1) is 0 Å². The smallest absolute Gasteiger partial charge is 0.687 e. The summed E-state index contributed by atoms with van der Waals surface area (Å²) < 4.78 is 0. The topological polar surface area (TPSA) is 289 Å². The molecule has 0 bridgehead atoms. The quantitative estimate of drug-likeness (QED) is 0.0151. The molecule has 0 amide bonds. The Labute approximate surface area is 390 Å². The maximum absolute atomic E-state index is 8.83. The first-order chi connectivity index (χ1) is 29.0. The van der Waals surface area contributed by atoms with Gasteiger partial charge in [-0.3, -0.25) is 0 Å². The number of allylic oxidation sites excluding steroid dienone is 2. The molecule has 2 heterocycles. The molecule has 2 aliphatic rings. The molecule has 0 aromatic carbocycles. The fourth-order valence-electron chi connectivity index (χ4n) is 5.74. The Morgan fingerprint density at radius 3 is 0.919 bits per heavy atom. The SMILES string of the molecule is C1=CC[N-]C=C1.C1CC[N-]CC1.[CH2-]C(CCCC/C(=N/O)C(C)=NO)CCCC/C(=N\O)C(C)=NO.[CH2-]C(CCCCC(=NO)/C(C)=N\O)CCCC/C(=N/O)C(C)=NO.[Co+2].[Co+2]. The van der Waals surface area contributed by atoms with Crippen LogP contribution < -0.4 is 0 Å². The Morgan fingerprint density at radius 1 is 0.468 bits per heavy atom. The second kappa shape index (κ2) is 46.5. The summed E-state index contributed by atoms with van der Waals surface area (Å²) in [5, 5.41) is 103. The zero-order chi connectivity index (χ0) is 45.2. The van der Waals surface area contributed by atoms with Gasteiger partial charge in [0.25, 0.3) is 0 Å². The van der Waals surface area contributed by atoms with Crippen LogP contribution >= 0.6 is 0 Å². The Kier molecular flexibility index (Phi) is 48.5. The number of hydrogen-bond donors (Lipinski definition) is 8. The van der Waals surface area contributed by atoms with Crippen LogP contribution in [0, 0.1) is 25.7 Å². The van der Waals surface area contributed by atoms with Gasteiger partial charge >= 0.3 is 33.6 Å². The molecule has 20 heteroatoms. The summed E-state index contributed by atoms with van der Waals surface area (Å²) in [6.07, 6.45) is 25.1. The van der Waals surface area contributed by atoms with Crippen LogP contribution in [0.5, 0.6) is 0 Å². The predicted molar refractivity (Wildman–Crippen MR) is 241 cm³/mol. The molecule has 2 rings (SSSR count). The number of oxime groups is 8. The van der Waals surface area contributed by atoms with E-state index in [2.05, 4.69) is 65.7 Å². The molecule has 0 saturated carbocycles. The van der Waals surface area contributed by atoms with Crippen LogP contribution in [0.1, 0.15) is 150 Å². The number of unbranched alkanes of at least 4 members (excludes halogenated alkanes) is 4. The van der Waals surface area contributed by atoms with E-state index in [0.717, 1.165) is 96.7 Å². The van der Waals surface area contributed by atoms with Gasteiger partial charge in [-0.05, 0) is 79.1 Å². The molecule has 18 nitrogen and oxygen atoms in total. The molecule has 0 aliphatic carbocycles. The molecule has 2 atom stereocenters. The van der Waals surface area contributed by atoms with Gasteiger partial charge in [0.2, 0.25) is 0 Å². The van der Waals surface area contributed by atoms with Gasteiger partial charge in [0.15, 0.2) is 0 Å². The number of rotatable bonds is 24. The molecule has 62 heavy (non-hydrogen) atoms. The number of hydrogen-bond acceptors (Lipinski definition) is 16. The molecule has 1 saturated heterocycles. The van der Waals surface area contributed by atoms with Gasteiger partial charge in [-0.25, -0.2) is 0 Å². The minimum Gasteiger partial charge on any atom is -0.687 e. The van der Waals surface area contributed by atoms with Crippen molar-refractivity contribution in [3.05, 3.63) is 48.9 Å². The molecular formula is C42H74Co2N10O8. The fraction of sp³-hybridized carbons (Fsp3) is 0.667. The summed E-state index contributed by atoms with van der Waals surface area (Å²) in [5.74, 6) is 0.656. The minimum atomic E-state index is 0. The van der Waals surface area contributed by atoms with E-state index < -0.39 is 0 Å². The van der Waals surface area contributed by atoms with E-state index in [1.54, 1.807) is 33.9 Å². The first kappa shape index (κ1) is 64.6. The third kappa shape index (κ3) is 36.6. The van der Waals surface area contributed by atoms with E-state index in [4.69, 9.17) is 41.7 Å². The fourth-order valence-corrected chi connectivity index (χ4v) is 5.74. The van der Waals surface area contributed by atoms with Crippen molar-refractivity contribution in [1.82, 2.24) is 0 Å². The maximum Gasteiger partial charge on any atom is 2.00 e. The Morgan fingerprint density at radius 2 is 0.774 bits per heavy atom. The van der Waals surface area contributed by atoms with Gasteiger partial charge in [0, 0.05) is 0 Å². The summed E-state index contributed by atoms with van der Waals surface area (Å²) in [5.41, 5.74) is 2.89. The van der Waals surface area contributed by atoms with E-state index in [1.165, 1.54) is 19.3 Å². The average molecular weight is 965 g/mol. The summed E-state index contributed by atoms with van der Waals surface area (Å²) in [4.78, 5) is 0. The summed E-state index contributed by atoms with van der Waals surface area (Å²) in [6.45, 7) is 17.7. The van der Waals surface area contributed by atoms with E-state index in [9.17, 15) is 0 Å². The van der Waals surface area contributed by atoms with Crippen molar-refractivity contribution in [3.8, 4) is 0 Å². The molecule has 8 N–H and O–H groups in total. The van der Waals surface area contributed by atoms with Crippen molar-refractivity contribution in [3.63, 3.8) is 0 Å². The molecule has 358 valence electrons. The third-order valence-electron chi connectivity index (χ3n) is 9.64. The Hall–Kier alpha value is -3.99. The monoisotopic (exact) mass is 964 g/mol. The van der Waals surface area contributed by atoms with E-state index in [1.807, 2.05) is 18.2 Å². The van der Waals surface area contributed by atoms with Crippen molar-refractivity contribution in [2.24, 2.45) is 53.1 Å². The van der Waals surface area contributed by atoms with Crippen molar-refractivity contribution >= 4 is 45.7 Å². The maximum atomic E-state index is 8.83. The molecule has 0 aromatic heterocycles. The molecule has 2 unspecified atom stereocenters. The first-order valence-corrected chi connectivity index (χ1v) is 20.9. The van der Waals surface area contributed by atoms with Gasteiger partial charge < -0.3 is 66.1 Å². The van der Waals surface area contributed by atoms with Crippen LogP contribution in [0.15, 0.2) is 65.7 Å². The summed E-state index contributed by atoms with van der Waals surface area (Å²) >= 11 is 0. The molecule has 2 aliphatic heterocycles. The standard InChI is InChI=1S/2C16H29N4O4.C5H10N.C5H6N.2Co/c2*1-12(8-4-6-10-15(19-23)13(2)17-21)9-5-7-11-16(20-24)14(3)18-22;2*1-2-4-6-5-3-1;;/h2*12,21-24H,1,4-11H2,2-3H3;1-5H2;1-4H,5H2;;/q4*-1;2*+2/b17-13?,18-14?,19-15-,20-16+;17-13-,18-14?,19-15?,20-16-;;;;. The number of piperidine rings is 1. The van der Waals surface area contributed by atoms with E-state index in [0.29, 0.717) is 83.2 Å². The minimum absolute atomic E-state index is 0. The van der Waals surface area contributed by atoms with Gasteiger partial charge in [-0.2, -0.15) is 18.0 Å². The zero-order valence-electron chi connectivity index (χ0n) is 37.2. The van der Waals surface area contributed by atoms with Crippen LogP contribution in [-0.2, 0) is 33.6 Å². The van der Waals surface area contributed by atoms with Crippen LogP contribution in [0.25, 0.3) is 10.6 Å². The molecule has 1 fully saturated rings. The second-order valence-corrected chi connectivity index (χ2v) is 14.5. The third-order valence-corrected chi connectivity index (χ3v) is 9.64. The average Bonchev–Trinajstić information content (AvgIpc) is 3.29. The normalized spacial score (nSPS) is 16.1. The molecule has 0 aromatic rings.